The molecule has 4 aromatic rings. The van der Waals surface area contributed by atoms with Gasteiger partial charge in [-0.25, -0.2) is 4.68 Å². The van der Waals surface area contributed by atoms with E-state index >= 15 is 0 Å². The van der Waals surface area contributed by atoms with Crippen molar-refractivity contribution < 1.29 is 19.0 Å². The highest BCUT2D eigenvalue weighted by Gasteiger charge is 2.25. The van der Waals surface area contributed by atoms with E-state index in [-0.39, 0.29) is 17.4 Å². The molecule has 3 aromatic carbocycles. The highest BCUT2D eigenvalue weighted by atomic mass is 79.9. The zero-order valence-corrected chi connectivity index (χ0v) is 19.4. The van der Waals surface area contributed by atoms with Crippen molar-refractivity contribution in [3.63, 3.8) is 0 Å². The van der Waals surface area contributed by atoms with Crippen LogP contribution in [0.4, 0.5) is 0 Å². The summed E-state index contributed by atoms with van der Waals surface area (Å²) in [4.78, 5) is 37.4. The number of H-pyrrole nitrogens is 1. The van der Waals surface area contributed by atoms with Crippen LogP contribution in [0.3, 0.4) is 0 Å². The molecule has 0 bridgehead atoms. The molecule has 5 rings (SSSR count). The van der Waals surface area contributed by atoms with Crippen LogP contribution >= 0.6 is 15.9 Å². The molecule has 1 aliphatic heterocycles. The van der Waals surface area contributed by atoms with E-state index in [0.717, 1.165) is 20.3 Å². The molecule has 2 heterocycles. The Morgan fingerprint density at radius 2 is 1.79 bits per heavy atom. The molecule has 0 spiro atoms. The van der Waals surface area contributed by atoms with E-state index in [1.54, 1.807) is 24.3 Å². The third-order valence-corrected chi connectivity index (χ3v) is 5.91. The Hall–Kier alpha value is -3.69. The molecule has 0 fully saturated rings. The summed E-state index contributed by atoms with van der Waals surface area (Å²) in [6.07, 6.45) is -0.578. The molecular weight excluding hydrogens is 504 g/mol. The lowest BCUT2D eigenvalue weighted by atomic mass is 10.1. The fraction of sp³-hybridized carbons (Fsp3) is 0.160. The number of aromatic amines is 1. The molecule has 0 aliphatic carbocycles. The number of halogens is 1. The van der Waals surface area contributed by atoms with Crippen molar-refractivity contribution in [2.45, 2.75) is 26.0 Å². The lowest BCUT2D eigenvalue weighted by Gasteiger charge is -2.28. The first kappa shape index (κ1) is 22.1. The summed E-state index contributed by atoms with van der Waals surface area (Å²) in [5.41, 5.74) is 1.42. The van der Waals surface area contributed by atoms with Crippen LogP contribution < -0.4 is 15.9 Å². The third-order valence-electron chi connectivity index (χ3n) is 5.45. The summed E-state index contributed by atoms with van der Waals surface area (Å²) in [7, 11) is 0. The Balaban J connectivity index is 1.34. The molecule has 172 valence electrons. The number of hydrogen-bond donors (Lipinski definition) is 1. The van der Waals surface area contributed by atoms with Gasteiger partial charge in [0.25, 0.3) is 11.1 Å². The number of carbonyl (C=O) groups excluding carboxylic acids is 1. The Labute approximate surface area is 201 Å². The van der Waals surface area contributed by atoms with Crippen LogP contribution in [0, 0.1) is 0 Å². The maximum absolute atomic E-state index is 12.6. The second-order valence-corrected chi connectivity index (χ2v) is 8.68. The highest BCUT2D eigenvalue weighted by molar-refractivity contribution is 9.10. The van der Waals surface area contributed by atoms with E-state index in [1.807, 2.05) is 42.5 Å². The van der Waals surface area contributed by atoms with Gasteiger partial charge < -0.3 is 14.2 Å². The summed E-state index contributed by atoms with van der Waals surface area (Å²) in [6, 6.07) is 19.7. The summed E-state index contributed by atoms with van der Waals surface area (Å²) in [5, 5.41) is 2.93. The highest BCUT2D eigenvalue weighted by Crippen LogP contribution is 2.38. The third kappa shape index (κ3) is 4.40. The monoisotopic (exact) mass is 522 g/mol. The Bertz CT molecular complexity index is 1500. The van der Waals surface area contributed by atoms with Crippen molar-refractivity contribution in [3.05, 3.63) is 109 Å². The molecular formula is C25H19BrN2O6. The Kier molecular flexibility index (Phi) is 6.04. The maximum Gasteiger partial charge on any atom is 0.328 e. The maximum atomic E-state index is 12.6. The van der Waals surface area contributed by atoms with Gasteiger partial charge in [0.15, 0.2) is 0 Å². The minimum Gasteiger partial charge on any atom is -0.460 e. The van der Waals surface area contributed by atoms with Crippen LogP contribution in [0.5, 0.6) is 5.75 Å². The second-order valence-electron chi connectivity index (χ2n) is 7.76. The molecule has 9 heteroatoms. The number of rotatable bonds is 5. The van der Waals surface area contributed by atoms with Crippen LogP contribution in [0.2, 0.25) is 0 Å². The predicted molar refractivity (Wildman–Crippen MR) is 127 cm³/mol. The van der Waals surface area contributed by atoms with E-state index in [2.05, 4.69) is 21.0 Å². The Morgan fingerprint density at radius 3 is 2.59 bits per heavy atom. The lowest BCUT2D eigenvalue weighted by molar-refractivity contribution is -0.146. The van der Waals surface area contributed by atoms with Crippen molar-refractivity contribution in [3.8, 4) is 5.75 Å². The molecule has 1 N–H and O–H groups in total. The molecule has 1 aliphatic rings. The standard InChI is InChI=1S/C25H19BrN2O6/c26-18-10-16(22-17(11-18)14-33-25(34-22)15-6-2-1-3-7-15)13-32-21(29)12-28-24(31)20-9-5-4-8-19(20)23(30)27-28/h1-11,25H,12-14H2,(H,27,30)/t25-/m0/s1. The SMILES string of the molecule is O=C(Cn1[nH]c(=O)c2ccccc2c1=O)OCc1cc(Br)cc2c1O[C@@H](c1ccccc1)OC2. The van der Waals surface area contributed by atoms with Crippen LogP contribution in [-0.4, -0.2) is 15.7 Å². The summed E-state index contributed by atoms with van der Waals surface area (Å²) in [6.45, 7) is -0.163. The van der Waals surface area contributed by atoms with Crippen molar-refractivity contribution in [1.82, 2.24) is 9.78 Å². The molecule has 34 heavy (non-hydrogen) atoms. The number of fused-ring (bicyclic) bond motifs is 2. The van der Waals surface area contributed by atoms with Gasteiger partial charge in [-0.05, 0) is 24.3 Å². The first-order chi connectivity index (χ1) is 16.5. The van der Waals surface area contributed by atoms with Gasteiger partial charge >= 0.3 is 5.97 Å². The molecule has 0 amide bonds. The number of nitrogens with zero attached hydrogens (tertiary/aromatic N) is 1. The summed E-state index contributed by atoms with van der Waals surface area (Å²) in [5.74, 6) is -0.0826. The van der Waals surface area contributed by atoms with Crippen molar-refractivity contribution in [1.29, 1.82) is 0 Å². The smallest absolute Gasteiger partial charge is 0.328 e. The van der Waals surface area contributed by atoms with Crippen LogP contribution in [0.1, 0.15) is 23.0 Å². The van der Waals surface area contributed by atoms with E-state index in [9.17, 15) is 14.4 Å². The minimum absolute atomic E-state index is 0.0747. The van der Waals surface area contributed by atoms with E-state index < -0.39 is 29.9 Å². The zero-order chi connectivity index (χ0) is 23.7. The number of hydrogen-bond acceptors (Lipinski definition) is 6. The van der Waals surface area contributed by atoms with Gasteiger partial charge in [0.05, 0.1) is 17.4 Å². The van der Waals surface area contributed by atoms with Crippen LogP contribution in [0.15, 0.2) is 80.8 Å². The van der Waals surface area contributed by atoms with E-state index in [0.29, 0.717) is 17.9 Å². The summed E-state index contributed by atoms with van der Waals surface area (Å²) < 4.78 is 19.1. The number of ether oxygens (including phenoxy) is 3. The topological polar surface area (TPSA) is 99.6 Å². The van der Waals surface area contributed by atoms with Crippen LogP contribution in [0.25, 0.3) is 10.8 Å². The normalized spacial score (nSPS) is 14.9. The largest absolute Gasteiger partial charge is 0.460 e. The number of aromatic nitrogens is 2. The molecule has 1 aromatic heterocycles. The Morgan fingerprint density at radius 1 is 1.06 bits per heavy atom. The predicted octanol–water partition coefficient (Wildman–Crippen LogP) is 3.80. The average Bonchev–Trinajstić information content (AvgIpc) is 2.86. The molecule has 0 unspecified atom stereocenters. The van der Waals surface area contributed by atoms with Gasteiger partial charge in [0, 0.05) is 21.2 Å². The van der Waals surface area contributed by atoms with E-state index in [1.165, 1.54) is 0 Å². The van der Waals surface area contributed by atoms with Crippen molar-refractivity contribution in [2.24, 2.45) is 0 Å². The van der Waals surface area contributed by atoms with Crippen molar-refractivity contribution >= 4 is 32.7 Å². The first-order valence-corrected chi connectivity index (χ1v) is 11.3. The second kappa shape index (κ2) is 9.28. The minimum atomic E-state index is -0.673. The van der Waals surface area contributed by atoms with Gasteiger partial charge in [-0.3, -0.25) is 19.5 Å². The zero-order valence-electron chi connectivity index (χ0n) is 17.8. The lowest BCUT2D eigenvalue weighted by Crippen LogP contribution is -2.32. The molecule has 8 nitrogen and oxygen atoms in total. The average molecular weight is 523 g/mol. The quantitative estimate of drug-likeness (QED) is 0.400. The van der Waals surface area contributed by atoms with Gasteiger partial charge in [0.1, 0.15) is 18.9 Å². The number of esters is 1. The number of carbonyl (C=O) groups is 1. The summed E-state index contributed by atoms with van der Waals surface area (Å²) >= 11 is 3.47. The molecule has 0 saturated carbocycles. The fourth-order valence-electron chi connectivity index (χ4n) is 3.85. The number of nitrogens with one attached hydrogen (secondary N) is 1. The molecule has 1 atom stereocenters. The first-order valence-electron chi connectivity index (χ1n) is 10.5. The van der Waals surface area contributed by atoms with Crippen LogP contribution in [-0.2, 0) is 34.0 Å². The molecule has 0 radical (unpaired) electrons. The van der Waals surface area contributed by atoms with Gasteiger partial charge in [-0.1, -0.05) is 58.4 Å². The van der Waals surface area contributed by atoms with Gasteiger partial charge in [-0.15, -0.1) is 0 Å². The molecule has 0 saturated heterocycles. The van der Waals surface area contributed by atoms with Gasteiger partial charge in [0.2, 0.25) is 6.29 Å². The van der Waals surface area contributed by atoms with Crippen molar-refractivity contribution in [2.75, 3.05) is 0 Å². The fourth-order valence-corrected chi connectivity index (χ4v) is 4.40. The van der Waals surface area contributed by atoms with E-state index in [4.69, 9.17) is 14.2 Å². The number of benzene rings is 3. The van der Waals surface area contributed by atoms with Gasteiger partial charge in [-0.2, -0.15) is 0 Å².